The van der Waals surface area contributed by atoms with Gasteiger partial charge < -0.3 is 5.32 Å². The van der Waals surface area contributed by atoms with E-state index < -0.39 is 0 Å². The van der Waals surface area contributed by atoms with Crippen molar-refractivity contribution in [3.8, 4) is 0 Å². The average Bonchev–Trinajstić information content (AvgIpc) is 2.58. The molecule has 0 radical (unpaired) electrons. The Kier molecular flexibility index (Phi) is 2.10. The molecule has 1 aromatic rings. The lowest BCUT2D eigenvalue weighted by Crippen LogP contribution is -2.32. The molecule has 2 aliphatic heterocycles. The SMILES string of the molecule is Fc1ccccc1C1=CC2CCC(C1)N2. The van der Waals surface area contributed by atoms with E-state index in [1.807, 2.05) is 12.1 Å². The summed E-state index contributed by atoms with van der Waals surface area (Å²) in [5.41, 5.74) is 1.97. The third kappa shape index (κ3) is 1.59. The van der Waals surface area contributed by atoms with Crippen molar-refractivity contribution in [2.45, 2.75) is 31.3 Å². The van der Waals surface area contributed by atoms with Gasteiger partial charge in [0, 0.05) is 17.6 Å². The van der Waals surface area contributed by atoms with Crippen molar-refractivity contribution in [1.82, 2.24) is 5.32 Å². The minimum atomic E-state index is -0.0925. The number of halogens is 1. The second kappa shape index (κ2) is 3.46. The number of rotatable bonds is 1. The topological polar surface area (TPSA) is 12.0 Å². The van der Waals surface area contributed by atoms with Gasteiger partial charge in [0.25, 0.3) is 0 Å². The maximum Gasteiger partial charge on any atom is 0.130 e. The highest BCUT2D eigenvalue weighted by Crippen LogP contribution is 2.32. The highest BCUT2D eigenvalue weighted by Gasteiger charge is 2.28. The average molecular weight is 203 g/mol. The van der Waals surface area contributed by atoms with E-state index in [-0.39, 0.29) is 5.82 Å². The summed E-state index contributed by atoms with van der Waals surface area (Å²) >= 11 is 0. The minimum Gasteiger partial charge on any atom is -0.307 e. The van der Waals surface area contributed by atoms with Gasteiger partial charge in [-0.25, -0.2) is 4.39 Å². The van der Waals surface area contributed by atoms with Crippen LogP contribution in [0, 0.1) is 5.82 Å². The van der Waals surface area contributed by atoms with Crippen molar-refractivity contribution in [2.24, 2.45) is 0 Å². The van der Waals surface area contributed by atoms with Gasteiger partial charge in [0.1, 0.15) is 5.82 Å². The van der Waals surface area contributed by atoms with Gasteiger partial charge in [0.05, 0.1) is 0 Å². The lowest BCUT2D eigenvalue weighted by molar-refractivity contribution is 0.569. The fourth-order valence-electron chi connectivity index (χ4n) is 2.64. The Labute approximate surface area is 89.0 Å². The van der Waals surface area contributed by atoms with Crippen molar-refractivity contribution in [3.63, 3.8) is 0 Å². The molecule has 0 aliphatic carbocycles. The van der Waals surface area contributed by atoms with E-state index in [1.165, 1.54) is 18.4 Å². The highest BCUT2D eigenvalue weighted by atomic mass is 19.1. The molecule has 15 heavy (non-hydrogen) atoms. The van der Waals surface area contributed by atoms with Crippen molar-refractivity contribution >= 4 is 5.57 Å². The van der Waals surface area contributed by atoms with Crippen LogP contribution in [0.5, 0.6) is 0 Å². The van der Waals surface area contributed by atoms with Crippen LogP contribution in [0.15, 0.2) is 30.3 Å². The molecule has 1 fully saturated rings. The van der Waals surface area contributed by atoms with Gasteiger partial charge in [-0.3, -0.25) is 0 Å². The van der Waals surface area contributed by atoms with Gasteiger partial charge in [-0.05, 0) is 30.9 Å². The fraction of sp³-hybridized carbons (Fsp3) is 0.385. The van der Waals surface area contributed by atoms with Gasteiger partial charge in [0.2, 0.25) is 0 Å². The van der Waals surface area contributed by atoms with Crippen LogP contribution in [0.3, 0.4) is 0 Å². The summed E-state index contributed by atoms with van der Waals surface area (Å²) in [4.78, 5) is 0. The lowest BCUT2D eigenvalue weighted by Gasteiger charge is -2.21. The zero-order valence-electron chi connectivity index (χ0n) is 8.54. The monoisotopic (exact) mass is 203 g/mol. The van der Waals surface area contributed by atoms with E-state index in [0.717, 1.165) is 12.0 Å². The minimum absolute atomic E-state index is 0.0925. The molecule has 2 heteroatoms. The zero-order valence-corrected chi connectivity index (χ0v) is 8.54. The Morgan fingerprint density at radius 3 is 2.87 bits per heavy atom. The molecule has 2 aliphatic rings. The Morgan fingerprint density at radius 2 is 2.07 bits per heavy atom. The molecule has 1 nitrogen and oxygen atoms in total. The molecule has 0 spiro atoms. The first kappa shape index (κ1) is 9.10. The molecule has 78 valence electrons. The van der Waals surface area contributed by atoms with Crippen molar-refractivity contribution < 1.29 is 4.39 Å². The van der Waals surface area contributed by atoms with Gasteiger partial charge in [-0.15, -0.1) is 0 Å². The maximum absolute atomic E-state index is 13.6. The Balaban J connectivity index is 1.98. The first-order valence-electron chi connectivity index (χ1n) is 5.54. The van der Waals surface area contributed by atoms with Crippen LogP contribution in [0.1, 0.15) is 24.8 Å². The summed E-state index contributed by atoms with van der Waals surface area (Å²) in [6.07, 6.45) is 5.58. The van der Waals surface area contributed by atoms with Crippen LogP contribution in [-0.4, -0.2) is 12.1 Å². The molecule has 0 saturated carbocycles. The van der Waals surface area contributed by atoms with Gasteiger partial charge in [-0.1, -0.05) is 24.3 Å². The molecular formula is C13H14FN. The fourth-order valence-corrected chi connectivity index (χ4v) is 2.64. The zero-order chi connectivity index (χ0) is 10.3. The number of hydrogen-bond donors (Lipinski definition) is 1. The third-order valence-corrected chi connectivity index (χ3v) is 3.36. The van der Waals surface area contributed by atoms with Crippen molar-refractivity contribution in [2.75, 3.05) is 0 Å². The molecule has 1 saturated heterocycles. The second-order valence-corrected chi connectivity index (χ2v) is 4.42. The summed E-state index contributed by atoms with van der Waals surface area (Å²) in [7, 11) is 0. The van der Waals surface area contributed by atoms with E-state index in [4.69, 9.17) is 0 Å². The third-order valence-electron chi connectivity index (χ3n) is 3.36. The van der Waals surface area contributed by atoms with Crippen LogP contribution >= 0.6 is 0 Å². The van der Waals surface area contributed by atoms with E-state index in [0.29, 0.717) is 12.1 Å². The summed E-state index contributed by atoms with van der Waals surface area (Å²) < 4.78 is 13.6. The largest absolute Gasteiger partial charge is 0.307 e. The Morgan fingerprint density at radius 1 is 1.20 bits per heavy atom. The molecule has 2 bridgehead atoms. The molecule has 1 N–H and O–H groups in total. The normalized spacial score (nSPS) is 29.0. The van der Waals surface area contributed by atoms with E-state index in [1.54, 1.807) is 12.1 Å². The second-order valence-electron chi connectivity index (χ2n) is 4.42. The number of hydrogen-bond acceptors (Lipinski definition) is 1. The first-order valence-corrected chi connectivity index (χ1v) is 5.54. The number of nitrogens with one attached hydrogen (secondary N) is 1. The molecule has 2 heterocycles. The van der Waals surface area contributed by atoms with E-state index in [2.05, 4.69) is 11.4 Å². The smallest absolute Gasteiger partial charge is 0.130 e. The summed E-state index contributed by atoms with van der Waals surface area (Å²) in [6, 6.07) is 8.11. The van der Waals surface area contributed by atoms with Gasteiger partial charge in [-0.2, -0.15) is 0 Å². The first-order chi connectivity index (χ1) is 7.33. The standard InChI is InChI=1S/C13H14FN/c14-13-4-2-1-3-12(13)9-7-10-5-6-11(8-9)15-10/h1-4,7,10-11,15H,5-6,8H2. The van der Waals surface area contributed by atoms with Gasteiger partial charge >= 0.3 is 0 Å². The van der Waals surface area contributed by atoms with Crippen LogP contribution in [0.25, 0.3) is 5.57 Å². The Hall–Kier alpha value is -1.15. The summed E-state index contributed by atoms with van der Waals surface area (Å²) in [6.45, 7) is 0. The number of fused-ring (bicyclic) bond motifs is 2. The summed E-state index contributed by atoms with van der Waals surface area (Å²) in [5, 5.41) is 3.51. The highest BCUT2D eigenvalue weighted by molar-refractivity contribution is 5.68. The molecule has 0 amide bonds. The predicted molar refractivity (Wildman–Crippen MR) is 58.9 cm³/mol. The van der Waals surface area contributed by atoms with E-state index in [9.17, 15) is 4.39 Å². The molecule has 2 atom stereocenters. The molecule has 3 rings (SSSR count). The predicted octanol–water partition coefficient (Wildman–Crippen LogP) is 2.73. The quantitative estimate of drug-likeness (QED) is 0.740. The van der Waals surface area contributed by atoms with Crippen LogP contribution in [0.2, 0.25) is 0 Å². The molecule has 1 aromatic carbocycles. The van der Waals surface area contributed by atoms with E-state index >= 15 is 0 Å². The molecular weight excluding hydrogens is 189 g/mol. The van der Waals surface area contributed by atoms with Crippen LogP contribution in [-0.2, 0) is 0 Å². The molecule has 0 aromatic heterocycles. The van der Waals surface area contributed by atoms with Crippen LogP contribution < -0.4 is 5.32 Å². The van der Waals surface area contributed by atoms with Crippen LogP contribution in [0.4, 0.5) is 4.39 Å². The lowest BCUT2D eigenvalue weighted by atomic mass is 9.96. The summed E-state index contributed by atoms with van der Waals surface area (Å²) in [5.74, 6) is -0.0925. The van der Waals surface area contributed by atoms with Crippen molar-refractivity contribution in [3.05, 3.63) is 41.7 Å². The van der Waals surface area contributed by atoms with Gasteiger partial charge in [0.15, 0.2) is 0 Å². The molecule has 2 unspecified atom stereocenters. The Bertz CT molecular complexity index is 411. The maximum atomic E-state index is 13.6. The van der Waals surface area contributed by atoms with Crippen molar-refractivity contribution in [1.29, 1.82) is 0 Å². The number of benzene rings is 1.